The molecule has 0 radical (unpaired) electrons. The fraction of sp³-hybridized carbons (Fsp3) is 0.412. The third-order valence-electron chi connectivity index (χ3n) is 4.05. The van der Waals surface area contributed by atoms with E-state index in [-0.39, 0.29) is 5.91 Å². The summed E-state index contributed by atoms with van der Waals surface area (Å²) in [5.74, 6) is 6.55. The monoisotopic (exact) mass is 330 g/mol. The second-order valence-corrected chi connectivity index (χ2v) is 6.71. The van der Waals surface area contributed by atoms with Crippen LogP contribution in [0.5, 0.6) is 0 Å². The lowest BCUT2D eigenvalue weighted by atomic mass is 10.2. The fourth-order valence-electron chi connectivity index (χ4n) is 2.77. The molecule has 0 spiro atoms. The quantitative estimate of drug-likeness (QED) is 0.691. The summed E-state index contributed by atoms with van der Waals surface area (Å²) < 4.78 is 1.50. The van der Waals surface area contributed by atoms with Gasteiger partial charge in [0.05, 0.1) is 17.6 Å². The Morgan fingerprint density at radius 1 is 1.13 bits per heavy atom. The van der Waals surface area contributed by atoms with Gasteiger partial charge in [-0.2, -0.15) is 0 Å². The predicted octanol–water partition coefficient (Wildman–Crippen LogP) is 2.76. The molecule has 3 rings (SSSR count). The molecule has 2 aromatic rings. The van der Waals surface area contributed by atoms with Gasteiger partial charge in [-0.25, -0.2) is 9.66 Å². The highest BCUT2D eigenvalue weighted by Gasteiger charge is 2.17. The number of nitrogen functional groups attached to an aromatic ring is 1. The van der Waals surface area contributed by atoms with Gasteiger partial charge in [0.15, 0.2) is 5.16 Å². The molecule has 0 saturated carbocycles. The third-order valence-corrected chi connectivity index (χ3v) is 5.00. The number of hydrogen-bond acceptors (Lipinski definition) is 4. The van der Waals surface area contributed by atoms with E-state index in [1.807, 2.05) is 35.2 Å². The molecule has 1 amide bonds. The van der Waals surface area contributed by atoms with Gasteiger partial charge >= 0.3 is 0 Å². The minimum atomic E-state index is 0.182. The first-order chi connectivity index (χ1) is 11.2. The molecule has 0 aliphatic carbocycles. The van der Waals surface area contributed by atoms with Gasteiger partial charge in [-0.1, -0.05) is 54.9 Å². The Labute approximate surface area is 140 Å². The number of carbonyl (C=O) groups is 1. The van der Waals surface area contributed by atoms with Crippen molar-refractivity contribution < 1.29 is 4.79 Å². The third kappa shape index (κ3) is 4.07. The second-order valence-electron chi connectivity index (χ2n) is 5.77. The number of nitrogens with two attached hydrogens (primary N) is 1. The van der Waals surface area contributed by atoms with Crippen LogP contribution >= 0.6 is 11.8 Å². The van der Waals surface area contributed by atoms with Gasteiger partial charge in [-0.3, -0.25) is 4.79 Å². The second kappa shape index (κ2) is 7.55. The summed E-state index contributed by atoms with van der Waals surface area (Å²) in [6.45, 7) is 1.76. The molecule has 0 atom stereocenters. The summed E-state index contributed by atoms with van der Waals surface area (Å²) in [7, 11) is 0. The summed E-state index contributed by atoms with van der Waals surface area (Å²) in [6, 6.07) is 9.91. The molecular formula is C17H22N4OS. The lowest BCUT2D eigenvalue weighted by Crippen LogP contribution is -2.33. The molecule has 1 fully saturated rings. The minimum absolute atomic E-state index is 0.182. The van der Waals surface area contributed by atoms with E-state index in [1.54, 1.807) is 6.20 Å². The minimum Gasteiger partial charge on any atom is -0.342 e. The average Bonchev–Trinajstić information content (AvgIpc) is 2.78. The van der Waals surface area contributed by atoms with Crippen molar-refractivity contribution in [1.29, 1.82) is 0 Å². The lowest BCUT2D eigenvalue weighted by molar-refractivity contribution is -0.128. The summed E-state index contributed by atoms with van der Waals surface area (Å²) >= 11 is 1.41. The average molecular weight is 330 g/mol. The Bertz CT molecular complexity index is 648. The van der Waals surface area contributed by atoms with Crippen molar-refractivity contribution in [2.24, 2.45) is 0 Å². The van der Waals surface area contributed by atoms with Crippen LogP contribution in [0.1, 0.15) is 25.7 Å². The molecule has 0 bridgehead atoms. The molecule has 2 N–H and O–H groups in total. The van der Waals surface area contributed by atoms with Crippen LogP contribution < -0.4 is 5.84 Å². The molecule has 6 heteroatoms. The van der Waals surface area contributed by atoms with Crippen LogP contribution in [0.15, 0.2) is 41.7 Å². The number of nitrogens with zero attached hydrogens (tertiary/aromatic N) is 3. The molecule has 122 valence electrons. The number of carbonyl (C=O) groups excluding carboxylic acids is 1. The van der Waals surface area contributed by atoms with Crippen molar-refractivity contribution in [3.05, 3.63) is 36.5 Å². The van der Waals surface area contributed by atoms with Gasteiger partial charge in [-0.05, 0) is 12.8 Å². The largest absolute Gasteiger partial charge is 0.342 e. The van der Waals surface area contributed by atoms with Crippen molar-refractivity contribution in [3.8, 4) is 11.3 Å². The number of aromatic nitrogens is 2. The number of amides is 1. The van der Waals surface area contributed by atoms with Gasteiger partial charge in [-0.15, -0.1) is 0 Å². The smallest absolute Gasteiger partial charge is 0.233 e. The van der Waals surface area contributed by atoms with Crippen molar-refractivity contribution in [2.75, 3.05) is 24.7 Å². The van der Waals surface area contributed by atoms with E-state index < -0.39 is 0 Å². The van der Waals surface area contributed by atoms with E-state index in [0.29, 0.717) is 10.9 Å². The van der Waals surface area contributed by atoms with Crippen molar-refractivity contribution in [2.45, 2.75) is 30.8 Å². The van der Waals surface area contributed by atoms with Crippen LogP contribution in [-0.2, 0) is 4.79 Å². The van der Waals surface area contributed by atoms with Gasteiger partial charge in [0, 0.05) is 18.7 Å². The maximum absolute atomic E-state index is 12.3. The molecular weight excluding hydrogens is 308 g/mol. The lowest BCUT2D eigenvalue weighted by Gasteiger charge is -2.19. The van der Waals surface area contributed by atoms with Crippen LogP contribution in [-0.4, -0.2) is 39.3 Å². The van der Waals surface area contributed by atoms with E-state index in [0.717, 1.165) is 37.2 Å². The van der Waals surface area contributed by atoms with Crippen LogP contribution in [0.4, 0.5) is 0 Å². The van der Waals surface area contributed by atoms with Crippen molar-refractivity contribution in [3.63, 3.8) is 0 Å². The number of likely N-dealkylation sites (tertiary alicyclic amines) is 1. The first-order valence-corrected chi connectivity index (χ1v) is 9.03. The highest BCUT2D eigenvalue weighted by atomic mass is 32.2. The molecule has 23 heavy (non-hydrogen) atoms. The van der Waals surface area contributed by atoms with Crippen LogP contribution in [0.2, 0.25) is 0 Å². The highest BCUT2D eigenvalue weighted by molar-refractivity contribution is 7.99. The zero-order valence-corrected chi connectivity index (χ0v) is 14.0. The summed E-state index contributed by atoms with van der Waals surface area (Å²) in [5, 5.41) is 0.673. The number of hydrogen-bond donors (Lipinski definition) is 1. The van der Waals surface area contributed by atoms with Gasteiger partial charge in [0.1, 0.15) is 0 Å². The molecule has 1 aromatic heterocycles. The normalized spacial score (nSPS) is 15.4. The summed E-state index contributed by atoms with van der Waals surface area (Å²) in [6.07, 6.45) is 6.48. The Kier molecular flexibility index (Phi) is 5.23. The predicted molar refractivity (Wildman–Crippen MR) is 93.6 cm³/mol. The number of imidazole rings is 1. The zero-order valence-electron chi connectivity index (χ0n) is 13.1. The molecule has 1 aliphatic heterocycles. The highest BCUT2D eigenvalue weighted by Crippen LogP contribution is 2.23. The van der Waals surface area contributed by atoms with Crippen LogP contribution in [0, 0.1) is 0 Å². The molecule has 1 aromatic carbocycles. The molecule has 2 heterocycles. The number of rotatable bonds is 4. The zero-order chi connectivity index (χ0) is 16.1. The van der Waals surface area contributed by atoms with Gasteiger partial charge < -0.3 is 10.7 Å². The molecule has 1 aliphatic rings. The number of benzene rings is 1. The molecule has 1 saturated heterocycles. The summed E-state index contributed by atoms with van der Waals surface area (Å²) in [4.78, 5) is 18.9. The molecule has 0 unspecified atom stereocenters. The summed E-state index contributed by atoms with van der Waals surface area (Å²) in [5.41, 5.74) is 1.86. The van der Waals surface area contributed by atoms with Gasteiger partial charge in [0.25, 0.3) is 0 Å². The maximum Gasteiger partial charge on any atom is 0.233 e. The Balaban J connectivity index is 1.62. The Hall–Kier alpha value is -1.95. The maximum atomic E-state index is 12.3. The first-order valence-electron chi connectivity index (χ1n) is 8.04. The fourth-order valence-corrected chi connectivity index (χ4v) is 3.57. The van der Waals surface area contributed by atoms with E-state index >= 15 is 0 Å². The van der Waals surface area contributed by atoms with E-state index in [4.69, 9.17) is 5.84 Å². The first kappa shape index (κ1) is 15.9. The molecule has 5 nitrogen and oxygen atoms in total. The van der Waals surface area contributed by atoms with E-state index in [1.165, 1.54) is 29.3 Å². The van der Waals surface area contributed by atoms with Crippen molar-refractivity contribution in [1.82, 2.24) is 14.6 Å². The van der Waals surface area contributed by atoms with E-state index in [9.17, 15) is 4.79 Å². The topological polar surface area (TPSA) is 64.2 Å². The van der Waals surface area contributed by atoms with Gasteiger partial charge in [0.2, 0.25) is 5.91 Å². The number of thioether (sulfide) groups is 1. The van der Waals surface area contributed by atoms with E-state index in [2.05, 4.69) is 4.98 Å². The standard InChI is InChI=1S/C17H22N4OS/c18-21-12-15(14-8-4-3-5-9-14)19-17(21)23-13-16(22)20-10-6-1-2-7-11-20/h3-5,8-9,12H,1-2,6-7,10-11,13,18H2. The Morgan fingerprint density at radius 2 is 1.83 bits per heavy atom. The van der Waals surface area contributed by atoms with Crippen molar-refractivity contribution >= 4 is 17.7 Å². The Morgan fingerprint density at radius 3 is 2.52 bits per heavy atom. The SMILES string of the molecule is Nn1cc(-c2ccccc2)nc1SCC(=O)N1CCCCCC1. The van der Waals surface area contributed by atoms with Crippen LogP contribution in [0.3, 0.4) is 0 Å². The van der Waals surface area contributed by atoms with Crippen LogP contribution in [0.25, 0.3) is 11.3 Å².